The summed E-state index contributed by atoms with van der Waals surface area (Å²) >= 11 is 0. The molecule has 1 heterocycles. The van der Waals surface area contributed by atoms with Crippen molar-refractivity contribution in [2.45, 2.75) is 33.0 Å². The fourth-order valence-corrected chi connectivity index (χ4v) is 3.12. The maximum Gasteiger partial charge on any atom is 0.191 e. The summed E-state index contributed by atoms with van der Waals surface area (Å²) in [5.41, 5.74) is 2.39. The summed E-state index contributed by atoms with van der Waals surface area (Å²) in [6, 6.07) is 16.1. The van der Waals surface area contributed by atoms with Crippen LogP contribution in [-0.2, 0) is 13.1 Å². The molecule has 3 rings (SSSR count). The van der Waals surface area contributed by atoms with Crippen molar-refractivity contribution in [2.75, 3.05) is 20.2 Å². The minimum Gasteiger partial charge on any atom is -0.497 e. The zero-order valence-corrected chi connectivity index (χ0v) is 18.4. The molecule has 0 aliphatic carbocycles. The first-order valence-electron chi connectivity index (χ1n) is 10.5. The number of hydrogen-bond acceptors (Lipinski definition) is 4. The molecule has 31 heavy (non-hydrogen) atoms. The van der Waals surface area contributed by atoms with E-state index in [0.717, 1.165) is 36.1 Å². The standard InChI is InChI=1S/C24H31N5O2/c1-4-26-24(27-15-19(2)31-23-10-6-9-22(14-23)30-3)28-16-20-7-5-8-21(13-20)17-29-12-11-25-18-29/h5-14,18-19H,4,15-17H2,1-3H3,(H2,26,27,28). The number of benzene rings is 2. The van der Waals surface area contributed by atoms with E-state index in [0.29, 0.717) is 13.1 Å². The SMILES string of the molecule is CCNC(=NCc1cccc(Cn2ccnc2)c1)NCC(C)Oc1cccc(OC)c1. The van der Waals surface area contributed by atoms with Gasteiger partial charge in [-0.25, -0.2) is 9.98 Å². The van der Waals surface area contributed by atoms with Gasteiger partial charge in [0.2, 0.25) is 0 Å². The molecule has 2 N–H and O–H groups in total. The molecule has 3 aromatic rings. The van der Waals surface area contributed by atoms with Crippen molar-refractivity contribution in [3.63, 3.8) is 0 Å². The molecule has 0 bridgehead atoms. The highest BCUT2D eigenvalue weighted by molar-refractivity contribution is 5.79. The maximum atomic E-state index is 5.98. The highest BCUT2D eigenvalue weighted by Gasteiger charge is 2.07. The van der Waals surface area contributed by atoms with Crippen LogP contribution in [0, 0.1) is 0 Å². The molecule has 0 amide bonds. The number of hydrogen-bond donors (Lipinski definition) is 2. The van der Waals surface area contributed by atoms with Crippen molar-refractivity contribution < 1.29 is 9.47 Å². The smallest absolute Gasteiger partial charge is 0.191 e. The normalized spacial score (nSPS) is 12.3. The minimum atomic E-state index is -0.0329. The predicted octanol–water partition coefficient (Wildman–Crippen LogP) is 3.46. The lowest BCUT2D eigenvalue weighted by atomic mass is 10.1. The first-order valence-corrected chi connectivity index (χ1v) is 10.5. The number of aliphatic imine (C=N–C) groups is 1. The summed E-state index contributed by atoms with van der Waals surface area (Å²) in [7, 11) is 1.65. The van der Waals surface area contributed by atoms with Crippen LogP contribution in [0.5, 0.6) is 11.5 Å². The van der Waals surface area contributed by atoms with Crippen molar-refractivity contribution >= 4 is 5.96 Å². The van der Waals surface area contributed by atoms with E-state index < -0.39 is 0 Å². The maximum absolute atomic E-state index is 5.98. The van der Waals surface area contributed by atoms with Crippen molar-refractivity contribution in [1.29, 1.82) is 0 Å². The Morgan fingerprint density at radius 3 is 2.68 bits per heavy atom. The largest absolute Gasteiger partial charge is 0.497 e. The summed E-state index contributed by atoms with van der Waals surface area (Å²) in [5.74, 6) is 2.33. The molecule has 1 aromatic heterocycles. The van der Waals surface area contributed by atoms with Gasteiger partial charge >= 0.3 is 0 Å². The van der Waals surface area contributed by atoms with Crippen LogP contribution in [0.25, 0.3) is 0 Å². The summed E-state index contributed by atoms with van der Waals surface area (Å²) in [5, 5.41) is 6.65. The third-order valence-corrected chi connectivity index (χ3v) is 4.62. The molecule has 7 nitrogen and oxygen atoms in total. The Morgan fingerprint density at radius 1 is 1.10 bits per heavy atom. The Kier molecular flexibility index (Phi) is 8.34. The van der Waals surface area contributed by atoms with Crippen LogP contribution in [0.4, 0.5) is 0 Å². The predicted molar refractivity (Wildman–Crippen MR) is 124 cm³/mol. The van der Waals surface area contributed by atoms with Gasteiger partial charge < -0.3 is 24.7 Å². The van der Waals surface area contributed by atoms with Gasteiger partial charge in [0.15, 0.2) is 5.96 Å². The van der Waals surface area contributed by atoms with E-state index in [1.54, 1.807) is 13.3 Å². The van der Waals surface area contributed by atoms with Gasteiger partial charge in [-0.3, -0.25) is 0 Å². The van der Waals surface area contributed by atoms with E-state index in [9.17, 15) is 0 Å². The highest BCUT2D eigenvalue weighted by atomic mass is 16.5. The third kappa shape index (κ3) is 7.37. The van der Waals surface area contributed by atoms with Gasteiger partial charge in [-0.05, 0) is 37.1 Å². The van der Waals surface area contributed by atoms with E-state index in [2.05, 4.69) is 51.4 Å². The summed E-state index contributed by atoms with van der Waals surface area (Å²) < 4.78 is 13.3. The van der Waals surface area contributed by atoms with Crippen LogP contribution in [0.2, 0.25) is 0 Å². The number of imidazole rings is 1. The molecule has 2 aromatic carbocycles. The number of methoxy groups -OCH3 is 1. The molecular formula is C24H31N5O2. The van der Waals surface area contributed by atoms with Crippen LogP contribution in [-0.4, -0.2) is 41.8 Å². The first kappa shape index (κ1) is 22.2. The molecule has 0 radical (unpaired) electrons. The molecule has 7 heteroatoms. The second-order valence-electron chi connectivity index (χ2n) is 7.24. The molecule has 0 aliphatic heterocycles. The molecule has 0 saturated carbocycles. The van der Waals surface area contributed by atoms with Crippen molar-refractivity contribution in [1.82, 2.24) is 20.2 Å². The van der Waals surface area contributed by atoms with Gasteiger partial charge in [0, 0.05) is 31.5 Å². The Bertz CT molecular complexity index is 956. The van der Waals surface area contributed by atoms with Gasteiger partial charge in [0.1, 0.15) is 17.6 Å². The number of guanidine groups is 1. The van der Waals surface area contributed by atoms with Gasteiger partial charge in [-0.2, -0.15) is 0 Å². The van der Waals surface area contributed by atoms with Gasteiger partial charge in [0.05, 0.1) is 26.5 Å². The van der Waals surface area contributed by atoms with E-state index in [4.69, 9.17) is 14.5 Å². The minimum absolute atomic E-state index is 0.0329. The van der Waals surface area contributed by atoms with Gasteiger partial charge in [0.25, 0.3) is 0 Å². The van der Waals surface area contributed by atoms with Crippen LogP contribution in [0.1, 0.15) is 25.0 Å². The fourth-order valence-electron chi connectivity index (χ4n) is 3.12. The average molecular weight is 422 g/mol. The van der Waals surface area contributed by atoms with Crippen LogP contribution in [0.15, 0.2) is 72.2 Å². The quantitative estimate of drug-likeness (QED) is 0.387. The first-order chi connectivity index (χ1) is 15.2. The molecule has 1 atom stereocenters. The summed E-state index contributed by atoms with van der Waals surface area (Å²) in [6.45, 7) is 6.89. The average Bonchev–Trinajstić information content (AvgIpc) is 3.29. The second kappa shape index (κ2) is 11.6. The van der Waals surface area contributed by atoms with E-state index in [1.165, 1.54) is 5.56 Å². The zero-order valence-electron chi connectivity index (χ0n) is 18.4. The van der Waals surface area contributed by atoms with E-state index >= 15 is 0 Å². The molecule has 1 unspecified atom stereocenters. The fraction of sp³-hybridized carbons (Fsp3) is 0.333. The lowest BCUT2D eigenvalue weighted by Gasteiger charge is -2.18. The lowest BCUT2D eigenvalue weighted by molar-refractivity contribution is 0.223. The molecule has 0 fully saturated rings. The molecule has 0 aliphatic rings. The van der Waals surface area contributed by atoms with Crippen LogP contribution >= 0.6 is 0 Å². The van der Waals surface area contributed by atoms with E-state index in [-0.39, 0.29) is 6.10 Å². The Hall–Kier alpha value is -3.48. The van der Waals surface area contributed by atoms with Gasteiger partial charge in [-0.15, -0.1) is 0 Å². The summed E-state index contributed by atoms with van der Waals surface area (Å²) in [6.07, 6.45) is 5.55. The number of nitrogens with one attached hydrogen (secondary N) is 2. The Morgan fingerprint density at radius 2 is 1.90 bits per heavy atom. The van der Waals surface area contributed by atoms with Crippen LogP contribution < -0.4 is 20.1 Å². The molecule has 164 valence electrons. The van der Waals surface area contributed by atoms with Crippen molar-refractivity contribution in [3.05, 3.63) is 78.4 Å². The Balaban J connectivity index is 1.54. The molecule has 0 saturated heterocycles. The molecular weight excluding hydrogens is 390 g/mol. The third-order valence-electron chi connectivity index (χ3n) is 4.62. The number of nitrogens with zero attached hydrogens (tertiary/aromatic N) is 3. The number of aromatic nitrogens is 2. The zero-order chi connectivity index (χ0) is 21.9. The number of ether oxygens (including phenoxy) is 2. The Labute approximate surface area is 184 Å². The highest BCUT2D eigenvalue weighted by Crippen LogP contribution is 2.19. The van der Waals surface area contributed by atoms with Gasteiger partial charge in [-0.1, -0.05) is 30.3 Å². The molecule has 0 spiro atoms. The topological polar surface area (TPSA) is 72.7 Å². The van der Waals surface area contributed by atoms with E-state index in [1.807, 2.05) is 43.7 Å². The van der Waals surface area contributed by atoms with Crippen LogP contribution in [0.3, 0.4) is 0 Å². The lowest BCUT2D eigenvalue weighted by Crippen LogP contribution is -2.41. The van der Waals surface area contributed by atoms with Crippen molar-refractivity contribution in [3.8, 4) is 11.5 Å². The monoisotopic (exact) mass is 421 g/mol. The number of rotatable bonds is 10. The second-order valence-corrected chi connectivity index (χ2v) is 7.24. The summed E-state index contributed by atoms with van der Waals surface area (Å²) in [4.78, 5) is 8.83. The van der Waals surface area contributed by atoms with Crippen molar-refractivity contribution in [2.24, 2.45) is 4.99 Å².